The van der Waals surface area contributed by atoms with Crippen LogP contribution in [0.1, 0.15) is 18.9 Å². The van der Waals surface area contributed by atoms with Crippen molar-refractivity contribution in [3.05, 3.63) is 53.0 Å². The van der Waals surface area contributed by atoms with Crippen molar-refractivity contribution >= 4 is 39.5 Å². The van der Waals surface area contributed by atoms with Crippen LogP contribution in [0.2, 0.25) is 0 Å². The molecule has 2 heterocycles. The molecule has 22 heavy (non-hydrogen) atoms. The van der Waals surface area contributed by atoms with Gasteiger partial charge < -0.3 is 4.57 Å². The van der Waals surface area contributed by atoms with E-state index in [1.807, 2.05) is 12.5 Å². The van der Waals surface area contributed by atoms with Crippen molar-refractivity contribution in [1.82, 2.24) is 9.55 Å². The molecule has 1 aliphatic rings. The van der Waals surface area contributed by atoms with Crippen LogP contribution in [-0.2, 0) is 13.0 Å². The zero-order chi connectivity index (χ0) is 15.4. The lowest BCUT2D eigenvalue weighted by atomic mass is 10.1. The normalized spacial score (nSPS) is 25.3. The molecule has 0 saturated carbocycles. The molecule has 1 saturated heterocycles. The van der Waals surface area contributed by atoms with Crippen molar-refractivity contribution in [1.29, 1.82) is 0 Å². The summed E-state index contributed by atoms with van der Waals surface area (Å²) in [5.41, 5.74) is 1.42. The van der Waals surface area contributed by atoms with Crippen LogP contribution in [0.25, 0.3) is 0 Å². The van der Waals surface area contributed by atoms with Crippen molar-refractivity contribution in [2.75, 3.05) is 11.5 Å². The second-order valence-corrected chi connectivity index (χ2v) is 9.98. The highest BCUT2D eigenvalue weighted by Crippen LogP contribution is 2.48. The fraction of sp³-hybridized carbons (Fsp3) is 0.471. The number of benzene rings is 1. The highest BCUT2D eigenvalue weighted by atomic mass is 79.9. The van der Waals surface area contributed by atoms with Gasteiger partial charge in [-0.15, -0.1) is 23.5 Å². The Hall–Kier alpha value is -0.390. The summed E-state index contributed by atoms with van der Waals surface area (Å²) in [4.78, 5) is 4.20. The number of aryl methyl sites for hydroxylation is 1. The third-order valence-corrected chi connectivity index (χ3v) is 8.38. The molecule has 3 rings (SSSR count). The van der Waals surface area contributed by atoms with Crippen molar-refractivity contribution in [2.24, 2.45) is 5.92 Å². The fourth-order valence-electron chi connectivity index (χ4n) is 2.64. The molecular weight excluding hydrogens is 376 g/mol. The van der Waals surface area contributed by atoms with Gasteiger partial charge in [0.05, 0.1) is 10.4 Å². The van der Waals surface area contributed by atoms with E-state index in [9.17, 15) is 0 Å². The Morgan fingerprint density at radius 2 is 2.00 bits per heavy atom. The van der Waals surface area contributed by atoms with E-state index < -0.39 is 0 Å². The number of hydrogen-bond donors (Lipinski definition) is 0. The van der Waals surface area contributed by atoms with Crippen LogP contribution in [-0.4, -0.2) is 25.1 Å². The minimum atomic E-state index is 0.278. The summed E-state index contributed by atoms with van der Waals surface area (Å²) in [7, 11) is 0. The van der Waals surface area contributed by atoms with E-state index in [-0.39, 0.29) is 4.08 Å². The smallest absolute Gasteiger partial charge is 0.0946 e. The van der Waals surface area contributed by atoms with Crippen molar-refractivity contribution in [3.8, 4) is 0 Å². The van der Waals surface area contributed by atoms with E-state index >= 15 is 0 Å². The summed E-state index contributed by atoms with van der Waals surface area (Å²) in [5.74, 6) is 3.35. The Morgan fingerprint density at radius 1 is 1.27 bits per heavy atom. The molecule has 2 nitrogen and oxygen atoms in total. The molecule has 1 fully saturated rings. The number of aromatic nitrogens is 2. The molecule has 0 radical (unpaired) electrons. The third kappa shape index (κ3) is 4.33. The van der Waals surface area contributed by atoms with Gasteiger partial charge >= 0.3 is 0 Å². The zero-order valence-electron chi connectivity index (χ0n) is 12.7. The molecule has 118 valence electrons. The number of halogens is 1. The van der Waals surface area contributed by atoms with Gasteiger partial charge in [-0.05, 0) is 48.0 Å². The topological polar surface area (TPSA) is 17.8 Å². The van der Waals surface area contributed by atoms with Crippen LogP contribution < -0.4 is 0 Å². The molecule has 0 atom stereocenters. The van der Waals surface area contributed by atoms with Crippen LogP contribution >= 0.6 is 39.5 Å². The number of nitrogens with zero attached hydrogens (tertiary/aromatic N) is 2. The Labute approximate surface area is 149 Å². The molecule has 0 spiro atoms. The molecule has 0 N–H and O–H groups in total. The van der Waals surface area contributed by atoms with E-state index in [0.717, 1.165) is 23.4 Å². The molecule has 1 aromatic heterocycles. The van der Waals surface area contributed by atoms with E-state index in [1.54, 1.807) is 0 Å². The number of thioether (sulfide) groups is 2. The van der Waals surface area contributed by atoms with Crippen LogP contribution in [0, 0.1) is 5.92 Å². The maximum atomic E-state index is 4.20. The lowest BCUT2D eigenvalue weighted by molar-refractivity contribution is 0.577. The van der Waals surface area contributed by atoms with Gasteiger partial charge in [-0.25, -0.2) is 4.98 Å². The van der Waals surface area contributed by atoms with Crippen LogP contribution in [0.4, 0.5) is 0 Å². The van der Waals surface area contributed by atoms with Crippen molar-refractivity contribution < 1.29 is 0 Å². The molecule has 5 heteroatoms. The summed E-state index contributed by atoms with van der Waals surface area (Å²) in [6, 6.07) is 8.74. The molecule has 2 aromatic rings. The Morgan fingerprint density at radius 3 is 2.64 bits per heavy atom. The second-order valence-electron chi connectivity index (χ2n) is 6.00. The van der Waals surface area contributed by atoms with Crippen molar-refractivity contribution in [3.63, 3.8) is 0 Å². The quantitative estimate of drug-likeness (QED) is 0.700. The van der Waals surface area contributed by atoms with Gasteiger partial charge in [0.15, 0.2) is 0 Å². The number of hydrogen-bond acceptors (Lipinski definition) is 3. The molecule has 0 unspecified atom stereocenters. The Balaban J connectivity index is 1.69. The maximum absolute atomic E-state index is 4.20. The predicted octanol–water partition coefficient (Wildman–Crippen LogP) is 5.09. The lowest BCUT2D eigenvalue weighted by Crippen LogP contribution is -2.33. The van der Waals surface area contributed by atoms with E-state index in [1.165, 1.54) is 23.5 Å². The first kappa shape index (κ1) is 16.5. The summed E-state index contributed by atoms with van der Waals surface area (Å²) in [6.45, 7) is 3.40. The standard InChI is InChI=1S/C17H21BrN2S2/c1-14-10-21-17(22-11-14,12-20-9-8-19-13-20)7-6-15-2-4-16(18)5-3-15/h2-5,8-9,13-14H,6-7,10-12H2,1H3. The summed E-state index contributed by atoms with van der Waals surface area (Å²) in [5, 5.41) is 0. The third-order valence-electron chi connectivity index (χ3n) is 3.95. The summed E-state index contributed by atoms with van der Waals surface area (Å²) >= 11 is 7.80. The fourth-order valence-corrected chi connectivity index (χ4v) is 6.18. The molecule has 0 amide bonds. The van der Waals surface area contributed by atoms with Gasteiger partial charge in [0.25, 0.3) is 0 Å². The van der Waals surface area contributed by atoms with Crippen LogP contribution in [0.15, 0.2) is 47.5 Å². The summed E-state index contributed by atoms with van der Waals surface area (Å²) in [6.07, 6.45) is 8.25. The number of imidazole rings is 1. The molecule has 0 bridgehead atoms. The average Bonchev–Trinajstić information content (AvgIpc) is 3.03. The zero-order valence-corrected chi connectivity index (χ0v) is 16.0. The van der Waals surface area contributed by atoms with Crippen LogP contribution in [0.5, 0.6) is 0 Å². The molecule has 1 aromatic carbocycles. The first-order chi connectivity index (χ1) is 10.7. The first-order valence-electron chi connectivity index (χ1n) is 7.63. The Kier molecular flexibility index (Phi) is 5.58. The van der Waals surface area contributed by atoms with Gasteiger partial charge in [-0.3, -0.25) is 0 Å². The molecule has 0 aliphatic carbocycles. The van der Waals surface area contributed by atoms with E-state index in [0.29, 0.717) is 0 Å². The largest absolute Gasteiger partial charge is 0.335 e. The minimum absolute atomic E-state index is 0.278. The van der Waals surface area contributed by atoms with Gasteiger partial charge in [0.1, 0.15) is 0 Å². The molecular formula is C17H21BrN2S2. The van der Waals surface area contributed by atoms with Crippen molar-refractivity contribution in [2.45, 2.75) is 30.4 Å². The van der Waals surface area contributed by atoms with Gasteiger partial charge in [-0.1, -0.05) is 35.0 Å². The predicted molar refractivity (Wildman–Crippen MR) is 102 cm³/mol. The van der Waals surface area contributed by atoms with Crippen LogP contribution in [0.3, 0.4) is 0 Å². The monoisotopic (exact) mass is 396 g/mol. The maximum Gasteiger partial charge on any atom is 0.0946 e. The van der Waals surface area contributed by atoms with E-state index in [2.05, 4.69) is 86.4 Å². The highest BCUT2D eigenvalue weighted by molar-refractivity contribution is 9.10. The molecule has 1 aliphatic heterocycles. The van der Waals surface area contributed by atoms with Gasteiger partial charge in [0.2, 0.25) is 0 Å². The average molecular weight is 397 g/mol. The lowest BCUT2D eigenvalue weighted by Gasteiger charge is -2.38. The van der Waals surface area contributed by atoms with E-state index in [4.69, 9.17) is 0 Å². The number of rotatable bonds is 5. The highest BCUT2D eigenvalue weighted by Gasteiger charge is 2.35. The first-order valence-corrected chi connectivity index (χ1v) is 10.4. The Bertz CT molecular complexity index is 575. The van der Waals surface area contributed by atoms with Gasteiger partial charge in [0, 0.05) is 23.4 Å². The minimum Gasteiger partial charge on any atom is -0.335 e. The SMILES string of the molecule is CC1CSC(CCc2ccc(Br)cc2)(Cn2ccnc2)SC1. The summed E-state index contributed by atoms with van der Waals surface area (Å²) < 4.78 is 3.66. The van der Waals surface area contributed by atoms with Gasteiger partial charge in [-0.2, -0.15) is 0 Å². The second kappa shape index (κ2) is 7.45.